The molecule has 0 saturated carbocycles. The van der Waals surface area contributed by atoms with Gasteiger partial charge < -0.3 is 15.1 Å². The summed E-state index contributed by atoms with van der Waals surface area (Å²) in [6.45, 7) is 1.14. The Labute approximate surface area is 128 Å². The largest absolute Gasteiger partial charge is 0.469 e. The highest BCUT2D eigenvalue weighted by atomic mass is 16.6. The van der Waals surface area contributed by atoms with Crippen molar-refractivity contribution >= 4 is 11.6 Å². The van der Waals surface area contributed by atoms with Gasteiger partial charge in [-0.05, 0) is 17.7 Å². The average molecular weight is 302 g/mol. The Morgan fingerprint density at radius 2 is 2.18 bits per heavy atom. The monoisotopic (exact) mass is 302 g/mol. The standard InChI is InChI=1S/C15H18N4O3/c1-16-15(17-8-7-14-6-3-9-22-14)18-11-12-4-2-5-13(10-12)19(20)21/h2-6,9-10H,7-8,11H2,1H3,(H2,16,17,18). The number of benzene rings is 1. The van der Waals surface area contributed by atoms with Crippen molar-refractivity contribution in [3.05, 3.63) is 64.1 Å². The fourth-order valence-corrected chi connectivity index (χ4v) is 1.95. The summed E-state index contributed by atoms with van der Waals surface area (Å²) in [5, 5.41) is 17.0. The van der Waals surface area contributed by atoms with Gasteiger partial charge in [0.05, 0.1) is 11.2 Å². The molecule has 7 heteroatoms. The van der Waals surface area contributed by atoms with Crippen molar-refractivity contribution in [3.63, 3.8) is 0 Å². The van der Waals surface area contributed by atoms with E-state index in [2.05, 4.69) is 15.6 Å². The molecular formula is C15H18N4O3. The van der Waals surface area contributed by atoms with Crippen LogP contribution in [0.3, 0.4) is 0 Å². The Morgan fingerprint density at radius 1 is 1.32 bits per heavy atom. The summed E-state index contributed by atoms with van der Waals surface area (Å²) in [6, 6.07) is 10.3. The highest BCUT2D eigenvalue weighted by Crippen LogP contribution is 2.12. The average Bonchev–Trinajstić information content (AvgIpc) is 3.04. The summed E-state index contributed by atoms with van der Waals surface area (Å²) in [5.41, 5.74) is 0.906. The first-order valence-electron chi connectivity index (χ1n) is 6.89. The SMILES string of the molecule is CN=C(NCCc1ccco1)NCc1cccc([N+](=O)[O-])c1. The Bertz CT molecular complexity index is 638. The third-order valence-corrected chi connectivity index (χ3v) is 3.05. The minimum atomic E-state index is -0.403. The molecule has 0 bridgehead atoms. The molecule has 2 rings (SSSR count). The first-order valence-corrected chi connectivity index (χ1v) is 6.89. The minimum absolute atomic E-state index is 0.0834. The summed E-state index contributed by atoms with van der Waals surface area (Å²) in [5.74, 6) is 1.54. The number of nitro benzene ring substituents is 1. The van der Waals surface area contributed by atoms with Gasteiger partial charge >= 0.3 is 0 Å². The Balaban J connectivity index is 1.81. The second-order valence-electron chi connectivity index (χ2n) is 4.61. The molecule has 1 aromatic carbocycles. The van der Waals surface area contributed by atoms with Gasteiger partial charge in [-0.25, -0.2) is 0 Å². The maximum Gasteiger partial charge on any atom is 0.269 e. The van der Waals surface area contributed by atoms with Crippen LogP contribution in [0, 0.1) is 10.1 Å². The number of furan rings is 1. The third-order valence-electron chi connectivity index (χ3n) is 3.05. The summed E-state index contributed by atoms with van der Waals surface area (Å²) >= 11 is 0. The lowest BCUT2D eigenvalue weighted by molar-refractivity contribution is -0.384. The summed E-state index contributed by atoms with van der Waals surface area (Å²) in [6.07, 6.45) is 2.40. The number of nitrogens with zero attached hydrogens (tertiary/aromatic N) is 2. The smallest absolute Gasteiger partial charge is 0.269 e. The van der Waals surface area contributed by atoms with E-state index in [4.69, 9.17) is 4.42 Å². The first kappa shape index (κ1) is 15.6. The lowest BCUT2D eigenvalue weighted by Crippen LogP contribution is -2.37. The molecule has 0 spiro atoms. The van der Waals surface area contributed by atoms with Crippen LogP contribution in [-0.4, -0.2) is 24.5 Å². The second-order valence-corrected chi connectivity index (χ2v) is 4.61. The Kier molecular flexibility index (Phi) is 5.53. The van der Waals surface area contributed by atoms with Gasteiger partial charge in [-0.2, -0.15) is 0 Å². The topological polar surface area (TPSA) is 92.7 Å². The van der Waals surface area contributed by atoms with Gasteiger partial charge in [0.25, 0.3) is 5.69 Å². The summed E-state index contributed by atoms with van der Waals surface area (Å²) in [7, 11) is 1.68. The van der Waals surface area contributed by atoms with Crippen molar-refractivity contribution in [1.29, 1.82) is 0 Å². The summed E-state index contributed by atoms with van der Waals surface area (Å²) < 4.78 is 5.25. The molecule has 1 heterocycles. The maximum atomic E-state index is 10.7. The molecule has 22 heavy (non-hydrogen) atoms. The molecule has 0 amide bonds. The molecule has 0 fully saturated rings. The lowest BCUT2D eigenvalue weighted by Gasteiger charge is -2.11. The molecule has 2 N–H and O–H groups in total. The molecule has 0 saturated heterocycles. The maximum absolute atomic E-state index is 10.7. The van der Waals surface area contributed by atoms with Crippen molar-refractivity contribution < 1.29 is 9.34 Å². The van der Waals surface area contributed by atoms with Crippen molar-refractivity contribution in [2.75, 3.05) is 13.6 Å². The van der Waals surface area contributed by atoms with E-state index in [1.165, 1.54) is 6.07 Å². The molecule has 0 unspecified atom stereocenters. The van der Waals surface area contributed by atoms with E-state index >= 15 is 0 Å². The van der Waals surface area contributed by atoms with Crippen LogP contribution in [0.4, 0.5) is 5.69 Å². The highest BCUT2D eigenvalue weighted by molar-refractivity contribution is 5.79. The molecule has 1 aromatic heterocycles. The number of hydrogen-bond donors (Lipinski definition) is 2. The van der Waals surface area contributed by atoms with Gasteiger partial charge in [-0.15, -0.1) is 0 Å². The summed E-state index contributed by atoms with van der Waals surface area (Å²) in [4.78, 5) is 14.4. The van der Waals surface area contributed by atoms with Crippen molar-refractivity contribution in [2.45, 2.75) is 13.0 Å². The number of hydrogen-bond acceptors (Lipinski definition) is 4. The Morgan fingerprint density at radius 3 is 2.86 bits per heavy atom. The quantitative estimate of drug-likeness (QED) is 0.369. The van der Waals surface area contributed by atoms with Crippen molar-refractivity contribution in [1.82, 2.24) is 10.6 Å². The van der Waals surface area contributed by atoms with Crippen molar-refractivity contribution in [3.8, 4) is 0 Å². The normalized spacial score (nSPS) is 11.2. The van der Waals surface area contributed by atoms with Crippen LogP contribution in [0.5, 0.6) is 0 Å². The van der Waals surface area contributed by atoms with E-state index in [-0.39, 0.29) is 5.69 Å². The lowest BCUT2D eigenvalue weighted by atomic mass is 10.2. The number of nitrogens with one attached hydrogen (secondary N) is 2. The van der Waals surface area contributed by atoms with E-state index in [1.54, 1.807) is 25.4 Å². The minimum Gasteiger partial charge on any atom is -0.469 e. The fourth-order valence-electron chi connectivity index (χ4n) is 1.95. The van der Waals surface area contributed by atoms with E-state index in [0.29, 0.717) is 19.0 Å². The van der Waals surface area contributed by atoms with Gasteiger partial charge in [-0.3, -0.25) is 15.1 Å². The molecule has 2 aromatic rings. The molecular weight excluding hydrogens is 284 g/mol. The van der Waals surface area contributed by atoms with Crippen LogP contribution in [0.2, 0.25) is 0 Å². The molecule has 0 atom stereocenters. The van der Waals surface area contributed by atoms with Crippen LogP contribution in [-0.2, 0) is 13.0 Å². The van der Waals surface area contributed by atoms with E-state index < -0.39 is 4.92 Å². The molecule has 0 aliphatic carbocycles. The predicted octanol–water partition coefficient (Wildman–Crippen LogP) is 2.10. The molecule has 116 valence electrons. The van der Waals surface area contributed by atoms with Gasteiger partial charge in [0.1, 0.15) is 5.76 Å². The number of aliphatic imine (C=N–C) groups is 1. The van der Waals surface area contributed by atoms with Gasteiger partial charge in [-0.1, -0.05) is 12.1 Å². The fraction of sp³-hybridized carbons (Fsp3) is 0.267. The zero-order valence-electron chi connectivity index (χ0n) is 12.3. The second kappa shape index (κ2) is 7.82. The Hall–Kier alpha value is -2.83. The van der Waals surface area contributed by atoms with E-state index in [9.17, 15) is 10.1 Å². The molecule has 0 radical (unpaired) electrons. The number of guanidine groups is 1. The molecule has 7 nitrogen and oxygen atoms in total. The predicted molar refractivity (Wildman–Crippen MR) is 83.7 cm³/mol. The molecule has 0 aliphatic rings. The third kappa shape index (κ3) is 4.62. The van der Waals surface area contributed by atoms with Crippen LogP contribution in [0.15, 0.2) is 52.1 Å². The zero-order chi connectivity index (χ0) is 15.8. The van der Waals surface area contributed by atoms with Gasteiger partial charge in [0.15, 0.2) is 5.96 Å². The van der Waals surface area contributed by atoms with Crippen molar-refractivity contribution in [2.24, 2.45) is 4.99 Å². The zero-order valence-corrected chi connectivity index (χ0v) is 12.3. The number of nitro groups is 1. The number of rotatable bonds is 6. The van der Waals surface area contributed by atoms with E-state index in [0.717, 1.165) is 17.7 Å². The van der Waals surface area contributed by atoms with Gasteiger partial charge in [0.2, 0.25) is 0 Å². The van der Waals surface area contributed by atoms with Gasteiger partial charge in [0, 0.05) is 38.7 Å². The first-order chi connectivity index (χ1) is 10.7. The van der Waals surface area contributed by atoms with Crippen LogP contribution >= 0.6 is 0 Å². The van der Waals surface area contributed by atoms with Crippen LogP contribution < -0.4 is 10.6 Å². The number of non-ortho nitro benzene ring substituents is 1. The van der Waals surface area contributed by atoms with E-state index in [1.807, 2.05) is 18.2 Å². The highest BCUT2D eigenvalue weighted by Gasteiger charge is 2.06. The van der Waals surface area contributed by atoms with Crippen LogP contribution in [0.1, 0.15) is 11.3 Å². The van der Waals surface area contributed by atoms with Crippen LogP contribution in [0.25, 0.3) is 0 Å². The molecule has 0 aliphatic heterocycles.